The van der Waals surface area contributed by atoms with Gasteiger partial charge in [-0.25, -0.2) is 4.68 Å². The van der Waals surface area contributed by atoms with Crippen molar-refractivity contribution in [3.63, 3.8) is 0 Å². The van der Waals surface area contributed by atoms with Gasteiger partial charge in [-0.1, -0.05) is 23.2 Å². The van der Waals surface area contributed by atoms with Crippen molar-refractivity contribution in [1.29, 1.82) is 0 Å². The van der Waals surface area contributed by atoms with Gasteiger partial charge in [0.25, 0.3) is 0 Å². The molecule has 1 aliphatic heterocycles. The van der Waals surface area contributed by atoms with Crippen LogP contribution in [0.5, 0.6) is 5.88 Å². The van der Waals surface area contributed by atoms with Gasteiger partial charge in [-0.15, -0.1) is 5.10 Å². The van der Waals surface area contributed by atoms with Crippen LogP contribution < -0.4 is 4.74 Å². The van der Waals surface area contributed by atoms with Crippen molar-refractivity contribution in [2.24, 2.45) is 0 Å². The van der Waals surface area contributed by atoms with E-state index in [1.807, 2.05) is 18.3 Å². The average molecular weight is 370 g/mol. The number of hydrogen-bond donors (Lipinski definition) is 0. The molecule has 1 aliphatic rings. The number of aromatic nitrogens is 2. The lowest BCUT2D eigenvalue weighted by Crippen LogP contribution is -2.36. The number of ether oxygens (including phenoxy) is 2. The van der Waals surface area contributed by atoms with Crippen LogP contribution in [0.4, 0.5) is 0 Å². The third kappa shape index (κ3) is 4.86. The summed E-state index contributed by atoms with van der Waals surface area (Å²) in [5.41, 5.74) is 0.853. The van der Waals surface area contributed by atoms with Gasteiger partial charge in [0.1, 0.15) is 0 Å². The predicted molar refractivity (Wildman–Crippen MR) is 95.6 cm³/mol. The molecule has 0 aliphatic carbocycles. The lowest BCUT2D eigenvalue weighted by molar-refractivity contribution is 0.0367. The van der Waals surface area contributed by atoms with E-state index in [2.05, 4.69) is 10.00 Å². The molecule has 5 nitrogen and oxygen atoms in total. The lowest BCUT2D eigenvalue weighted by Gasteiger charge is -2.26. The van der Waals surface area contributed by atoms with E-state index in [-0.39, 0.29) is 0 Å². The normalized spacial score (nSPS) is 15.6. The summed E-state index contributed by atoms with van der Waals surface area (Å²) in [4.78, 5) is 2.43. The van der Waals surface area contributed by atoms with Crippen LogP contribution in [0.3, 0.4) is 0 Å². The number of hydrogen-bond acceptors (Lipinski definition) is 4. The van der Waals surface area contributed by atoms with Crippen molar-refractivity contribution >= 4 is 23.2 Å². The number of rotatable bonds is 7. The molecule has 1 fully saturated rings. The lowest BCUT2D eigenvalue weighted by atomic mass is 10.3. The molecule has 1 aromatic heterocycles. The molecule has 1 aromatic carbocycles. The molecule has 3 rings (SSSR count). The molecule has 2 aromatic rings. The zero-order valence-electron chi connectivity index (χ0n) is 13.5. The van der Waals surface area contributed by atoms with Crippen molar-refractivity contribution in [1.82, 2.24) is 14.7 Å². The highest BCUT2D eigenvalue weighted by molar-refractivity contribution is 6.42. The summed E-state index contributed by atoms with van der Waals surface area (Å²) in [7, 11) is 0. The molecule has 0 radical (unpaired) electrons. The third-order valence-corrected chi connectivity index (χ3v) is 4.69. The first-order chi connectivity index (χ1) is 11.7. The van der Waals surface area contributed by atoms with Gasteiger partial charge in [0.2, 0.25) is 5.88 Å². The zero-order valence-corrected chi connectivity index (χ0v) is 15.0. The van der Waals surface area contributed by atoms with E-state index in [9.17, 15) is 0 Å². The van der Waals surface area contributed by atoms with Crippen molar-refractivity contribution in [2.45, 2.75) is 12.8 Å². The highest BCUT2D eigenvalue weighted by Gasteiger charge is 2.09. The number of morpholine rings is 1. The van der Waals surface area contributed by atoms with Gasteiger partial charge in [0, 0.05) is 25.4 Å². The summed E-state index contributed by atoms with van der Waals surface area (Å²) in [6.45, 7) is 5.54. The molecule has 7 heteroatoms. The monoisotopic (exact) mass is 369 g/mol. The van der Waals surface area contributed by atoms with Crippen molar-refractivity contribution in [2.75, 3.05) is 39.5 Å². The summed E-state index contributed by atoms with van der Waals surface area (Å²) < 4.78 is 12.8. The van der Waals surface area contributed by atoms with Gasteiger partial charge >= 0.3 is 0 Å². The molecule has 0 saturated carbocycles. The van der Waals surface area contributed by atoms with Gasteiger partial charge in [-0.2, -0.15) is 0 Å². The van der Waals surface area contributed by atoms with Crippen LogP contribution in [0.2, 0.25) is 10.0 Å². The average Bonchev–Trinajstić information content (AvgIpc) is 3.07. The molecule has 0 atom stereocenters. The van der Waals surface area contributed by atoms with Gasteiger partial charge in [-0.05, 0) is 37.6 Å². The van der Waals surface area contributed by atoms with Gasteiger partial charge in [0.15, 0.2) is 0 Å². The Hall–Kier alpha value is -1.27. The topological polar surface area (TPSA) is 39.5 Å². The molecule has 0 N–H and O–H groups in total. The fraction of sp³-hybridized carbons (Fsp3) is 0.471. The van der Waals surface area contributed by atoms with Gasteiger partial charge in [-0.3, -0.25) is 4.90 Å². The standard InChI is InChI=1S/C17H21Cl2N3O2/c18-15-4-3-14(13-16(15)19)22-7-5-17(20-22)24-10-2-1-6-21-8-11-23-12-9-21/h3-5,7,13H,1-2,6,8-12H2. The second kappa shape index (κ2) is 8.72. The fourth-order valence-electron chi connectivity index (χ4n) is 2.59. The van der Waals surface area contributed by atoms with Crippen LogP contribution in [-0.2, 0) is 4.74 Å². The molecule has 0 amide bonds. The first kappa shape index (κ1) is 17.5. The van der Waals surface area contributed by atoms with Crippen molar-refractivity contribution < 1.29 is 9.47 Å². The molecule has 2 heterocycles. The Morgan fingerprint density at radius 2 is 1.92 bits per heavy atom. The van der Waals surface area contributed by atoms with E-state index in [0.29, 0.717) is 22.5 Å². The summed E-state index contributed by atoms with van der Waals surface area (Å²) in [6, 6.07) is 7.26. The Bertz CT molecular complexity index is 657. The molecule has 0 unspecified atom stereocenters. The van der Waals surface area contributed by atoms with Crippen LogP contribution in [-0.4, -0.2) is 54.1 Å². The second-order valence-corrected chi connectivity index (χ2v) is 6.52. The maximum Gasteiger partial charge on any atom is 0.233 e. The Morgan fingerprint density at radius 1 is 1.08 bits per heavy atom. The Balaban J connectivity index is 1.41. The summed E-state index contributed by atoms with van der Waals surface area (Å²) in [5.74, 6) is 0.618. The van der Waals surface area contributed by atoms with Crippen LogP contribution in [0.15, 0.2) is 30.5 Å². The minimum atomic E-state index is 0.509. The number of nitrogens with zero attached hydrogens (tertiary/aromatic N) is 3. The van der Waals surface area contributed by atoms with E-state index in [1.54, 1.807) is 16.8 Å². The quantitative estimate of drug-likeness (QED) is 0.698. The van der Waals surface area contributed by atoms with E-state index < -0.39 is 0 Å². The highest BCUT2D eigenvalue weighted by atomic mass is 35.5. The molecule has 1 saturated heterocycles. The predicted octanol–water partition coefficient (Wildman–Crippen LogP) is 3.67. The summed E-state index contributed by atoms with van der Waals surface area (Å²) in [5, 5.41) is 5.45. The number of benzene rings is 1. The molecular weight excluding hydrogens is 349 g/mol. The van der Waals surface area contributed by atoms with Crippen LogP contribution in [0.1, 0.15) is 12.8 Å². The SMILES string of the molecule is Clc1ccc(-n2ccc(OCCCCN3CCOCC3)n2)cc1Cl. The molecule has 130 valence electrons. The van der Waals surface area contributed by atoms with E-state index in [4.69, 9.17) is 32.7 Å². The molecule has 0 spiro atoms. The first-order valence-corrected chi connectivity index (χ1v) is 8.92. The Labute approximate surface area is 152 Å². The highest BCUT2D eigenvalue weighted by Crippen LogP contribution is 2.24. The van der Waals surface area contributed by atoms with E-state index in [1.165, 1.54) is 0 Å². The van der Waals surface area contributed by atoms with Crippen LogP contribution >= 0.6 is 23.2 Å². The van der Waals surface area contributed by atoms with Gasteiger partial charge < -0.3 is 9.47 Å². The second-order valence-electron chi connectivity index (χ2n) is 5.71. The Kier molecular flexibility index (Phi) is 6.37. The largest absolute Gasteiger partial charge is 0.477 e. The zero-order chi connectivity index (χ0) is 16.8. The van der Waals surface area contributed by atoms with E-state index in [0.717, 1.165) is 51.4 Å². The molecule has 0 bridgehead atoms. The number of unbranched alkanes of at least 4 members (excludes halogenated alkanes) is 1. The summed E-state index contributed by atoms with van der Waals surface area (Å²) in [6.07, 6.45) is 3.98. The van der Waals surface area contributed by atoms with Gasteiger partial charge in [0.05, 0.1) is 35.6 Å². The first-order valence-electron chi connectivity index (χ1n) is 8.16. The Morgan fingerprint density at radius 3 is 2.71 bits per heavy atom. The molecule has 24 heavy (non-hydrogen) atoms. The number of halogens is 2. The maximum atomic E-state index is 6.04. The molecular formula is C17H21Cl2N3O2. The van der Waals surface area contributed by atoms with E-state index >= 15 is 0 Å². The van der Waals surface area contributed by atoms with Crippen LogP contribution in [0, 0.1) is 0 Å². The fourth-order valence-corrected chi connectivity index (χ4v) is 2.89. The minimum Gasteiger partial charge on any atom is -0.477 e. The van der Waals surface area contributed by atoms with Crippen molar-refractivity contribution in [3.8, 4) is 11.6 Å². The maximum absolute atomic E-state index is 6.04. The van der Waals surface area contributed by atoms with Crippen LogP contribution in [0.25, 0.3) is 5.69 Å². The smallest absolute Gasteiger partial charge is 0.233 e. The minimum absolute atomic E-state index is 0.509. The summed E-state index contributed by atoms with van der Waals surface area (Å²) >= 11 is 12.0. The third-order valence-electron chi connectivity index (χ3n) is 3.95. The van der Waals surface area contributed by atoms with Crippen molar-refractivity contribution in [3.05, 3.63) is 40.5 Å².